The van der Waals surface area contributed by atoms with Crippen LogP contribution in [0.4, 0.5) is 0 Å². The van der Waals surface area contributed by atoms with Gasteiger partial charge in [-0.05, 0) is 25.0 Å². The number of aryl methyl sites for hydroxylation is 1. The van der Waals surface area contributed by atoms with Crippen LogP contribution in [0.5, 0.6) is 0 Å². The summed E-state index contributed by atoms with van der Waals surface area (Å²) >= 11 is 0. The molecule has 5 heteroatoms. The molecule has 21 heavy (non-hydrogen) atoms. The van der Waals surface area contributed by atoms with Crippen molar-refractivity contribution in [3.63, 3.8) is 0 Å². The van der Waals surface area contributed by atoms with Crippen molar-refractivity contribution in [2.24, 2.45) is 0 Å². The normalized spacial score (nSPS) is 13.4. The van der Waals surface area contributed by atoms with Crippen molar-refractivity contribution in [1.29, 1.82) is 0 Å². The van der Waals surface area contributed by atoms with Gasteiger partial charge in [0, 0.05) is 5.56 Å². The molecule has 0 radical (unpaired) electrons. The molecule has 1 aromatic carbocycles. The number of carbonyl (C=O) groups excluding carboxylic acids is 1. The molecule has 0 spiro atoms. The van der Waals surface area contributed by atoms with Crippen LogP contribution in [0.25, 0.3) is 0 Å². The second-order valence-corrected chi connectivity index (χ2v) is 4.82. The Hall–Kier alpha value is -2.56. The van der Waals surface area contributed by atoms with Gasteiger partial charge in [0.05, 0.1) is 6.26 Å². The summed E-state index contributed by atoms with van der Waals surface area (Å²) in [6.45, 7) is 3.45. The Balaban J connectivity index is 2.41. The van der Waals surface area contributed by atoms with E-state index >= 15 is 0 Å². The van der Waals surface area contributed by atoms with Gasteiger partial charge in [-0.2, -0.15) is 0 Å². The Kier molecular flexibility index (Phi) is 4.12. The van der Waals surface area contributed by atoms with Crippen molar-refractivity contribution in [2.75, 3.05) is 0 Å². The molecule has 1 heterocycles. The molecule has 1 unspecified atom stereocenters. The zero-order chi connectivity index (χ0) is 15.5. The van der Waals surface area contributed by atoms with E-state index in [0.717, 1.165) is 0 Å². The van der Waals surface area contributed by atoms with Crippen molar-refractivity contribution < 1.29 is 19.1 Å². The highest BCUT2D eigenvalue weighted by Crippen LogP contribution is 2.26. The van der Waals surface area contributed by atoms with Crippen LogP contribution >= 0.6 is 0 Å². The summed E-state index contributed by atoms with van der Waals surface area (Å²) in [6.07, 6.45) is 1.62. The van der Waals surface area contributed by atoms with E-state index in [-0.39, 0.29) is 12.2 Å². The number of hydrogen-bond acceptors (Lipinski definition) is 3. The maximum Gasteiger partial charge on any atom is 0.334 e. The Labute approximate surface area is 122 Å². The molecule has 1 atom stereocenters. The molecule has 110 valence electrons. The van der Waals surface area contributed by atoms with E-state index in [0.29, 0.717) is 11.1 Å². The third-order valence-electron chi connectivity index (χ3n) is 3.56. The lowest BCUT2D eigenvalue weighted by molar-refractivity contribution is -0.145. The zero-order valence-corrected chi connectivity index (χ0v) is 11.9. The summed E-state index contributed by atoms with van der Waals surface area (Å²) in [4.78, 5) is 24.1. The topological polar surface area (TPSA) is 79.5 Å². The van der Waals surface area contributed by atoms with Crippen LogP contribution in [0.1, 0.15) is 35.0 Å². The van der Waals surface area contributed by atoms with E-state index < -0.39 is 17.4 Å². The number of hydrogen-bond donors (Lipinski definition) is 2. The molecule has 0 aliphatic carbocycles. The molecule has 2 aromatic rings. The summed E-state index contributed by atoms with van der Waals surface area (Å²) in [7, 11) is 0. The highest BCUT2D eigenvalue weighted by Gasteiger charge is 2.41. The van der Waals surface area contributed by atoms with E-state index in [1.165, 1.54) is 6.26 Å². The first-order valence-corrected chi connectivity index (χ1v) is 6.67. The van der Waals surface area contributed by atoms with Crippen LogP contribution < -0.4 is 5.32 Å². The van der Waals surface area contributed by atoms with E-state index in [1.54, 1.807) is 50.2 Å². The lowest BCUT2D eigenvalue weighted by Crippen LogP contribution is -2.51. The van der Waals surface area contributed by atoms with Crippen LogP contribution in [0.3, 0.4) is 0 Å². The van der Waals surface area contributed by atoms with Gasteiger partial charge in [0.2, 0.25) is 0 Å². The number of rotatable bonds is 5. The predicted octanol–water partition coefficient (Wildman–Crippen LogP) is 2.71. The molecule has 1 aromatic heterocycles. The Morgan fingerprint density at radius 3 is 2.38 bits per heavy atom. The fourth-order valence-electron chi connectivity index (χ4n) is 2.27. The molecular weight excluding hydrogens is 270 g/mol. The van der Waals surface area contributed by atoms with Crippen molar-refractivity contribution in [3.05, 3.63) is 59.5 Å². The lowest BCUT2D eigenvalue weighted by Gasteiger charge is -2.29. The molecule has 1 amide bonds. The average molecular weight is 287 g/mol. The summed E-state index contributed by atoms with van der Waals surface area (Å²) in [5.41, 5.74) is -0.286. The second kappa shape index (κ2) is 5.83. The van der Waals surface area contributed by atoms with Crippen molar-refractivity contribution in [1.82, 2.24) is 5.32 Å². The maximum atomic E-state index is 12.3. The molecule has 0 aliphatic rings. The largest absolute Gasteiger partial charge is 0.479 e. The fraction of sp³-hybridized carbons (Fsp3) is 0.250. The minimum absolute atomic E-state index is 0.130. The minimum Gasteiger partial charge on any atom is -0.479 e. The van der Waals surface area contributed by atoms with Gasteiger partial charge in [-0.25, -0.2) is 4.79 Å². The predicted molar refractivity (Wildman–Crippen MR) is 77.0 cm³/mol. The quantitative estimate of drug-likeness (QED) is 0.886. The van der Waals surface area contributed by atoms with Gasteiger partial charge in [-0.15, -0.1) is 0 Å². The van der Waals surface area contributed by atoms with Crippen molar-refractivity contribution >= 4 is 11.9 Å². The number of benzene rings is 1. The van der Waals surface area contributed by atoms with Crippen molar-refractivity contribution in [2.45, 2.75) is 25.8 Å². The fourth-order valence-corrected chi connectivity index (χ4v) is 2.27. The monoisotopic (exact) mass is 287 g/mol. The molecule has 0 aliphatic heterocycles. The number of carboxylic acid groups (broad SMARTS) is 1. The summed E-state index contributed by atoms with van der Waals surface area (Å²) in [6, 6.07) is 10.3. The molecule has 0 saturated heterocycles. The van der Waals surface area contributed by atoms with E-state index in [4.69, 9.17) is 4.42 Å². The molecule has 0 saturated carbocycles. The van der Waals surface area contributed by atoms with Gasteiger partial charge in [0.1, 0.15) is 0 Å². The van der Waals surface area contributed by atoms with E-state index in [1.807, 2.05) is 0 Å². The molecule has 0 fully saturated rings. The maximum absolute atomic E-state index is 12.3. The second-order valence-electron chi connectivity index (χ2n) is 4.82. The van der Waals surface area contributed by atoms with E-state index in [9.17, 15) is 14.7 Å². The Bertz CT molecular complexity index is 647. The molecule has 2 rings (SSSR count). The minimum atomic E-state index is -1.47. The summed E-state index contributed by atoms with van der Waals surface area (Å²) in [5.74, 6) is -1.51. The third kappa shape index (κ3) is 2.67. The molecule has 0 bridgehead atoms. The average Bonchev–Trinajstić information content (AvgIpc) is 2.91. The van der Waals surface area contributed by atoms with Gasteiger partial charge >= 0.3 is 5.97 Å². The van der Waals surface area contributed by atoms with Gasteiger partial charge in [0.25, 0.3) is 5.91 Å². The van der Waals surface area contributed by atoms with Crippen LogP contribution in [0.15, 0.2) is 47.1 Å². The van der Waals surface area contributed by atoms with Gasteiger partial charge in [-0.3, -0.25) is 4.79 Å². The SMILES string of the molecule is CCC(NC(=O)c1occc1C)(C(=O)O)c1ccccc1. The highest BCUT2D eigenvalue weighted by atomic mass is 16.4. The first-order chi connectivity index (χ1) is 10.0. The third-order valence-corrected chi connectivity index (χ3v) is 3.56. The Morgan fingerprint density at radius 1 is 1.24 bits per heavy atom. The number of amides is 1. The summed E-state index contributed by atoms with van der Waals surface area (Å²) in [5, 5.41) is 12.3. The van der Waals surface area contributed by atoms with Gasteiger partial charge < -0.3 is 14.8 Å². The first-order valence-electron chi connectivity index (χ1n) is 6.67. The van der Waals surface area contributed by atoms with Gasteiger partial charge in [-0.1, -0.05) is 37.3 Å². The van der Waals surface area contributed by atoms with E-state index in [2.05, 4.69) is 5.32 Å². The highest BCUT2D eigenvalue weighted by molar-refractivity contribution is 5.97. The molecule has 5 nitrogen and oxygen atoms in total. The number of carboxylic acids is 1. The first kappa shape index (κ1) is 14.8. The van der Waals surface area contributed by atoms with Crippen LogP contribution in [-0.4, -0.2) is 17.0 Å². The number of carbonyl (C=O) groups is 2. The summed E-state index contributed by atoms with van der Waals surface area (Å²) < 4.78 is 5.13. The number of aliphatic carboxylic acids is 1. The van der Waals surface area contributed by atoms with Crippen LogP contribution in [-0.2, 0) is 10.3 Å². The smallest absolute Gasteiger partial charge is 0.334 e. The molecular formula is C16H17NO4. The van der Waals surface area contributed by atoms with Crippen LogP contribution in [0, 0.1) is 6.92 Å². The number of furan rings is 1. The Morgan fingerprint density at radius 2 is 1.90 bits per heavy atom. The van der Waals surface area contributed by atoms with Gasteiger partial charge in [0.15, 0.2) is 11.3 Å². The van der Waals surface area contributed by atoms with Crippen molar-refractivity contribution in [3.8, 4) is 0 Å². The standard InChI is InChI=1S/C16H17NO4/c1-3-16(15(19)20,12-7-5-4-6-8-12)17-14(18)13-11(2)9-10-21-13/h4-10H,3H2,1-2H3,(H,17,18)(H,19,20). The zero-order valence-electron chi connectivity index (χ0n) is 11.9. The van der Waals surface area contributed by atoms with Crippen LogP contribution in [0.2, 0.25) is 0 Å². The number of nitrogens with one attached hydrogen (secondary N) is 1. The lowest BCUT2D eigenvalue weighted by atomic mass is 9.87. The molecule has 2 N–H and O–H groups in total.